The molecule has 1 aromatic carbocycles. The molecule has 0 radical (unpaired) electrons. The van der Waals surface area contributed by atoms with Crippen molar-refractivity contribution in [3.63, 3.8) is 0 Å². The zero-order valence-electron chi connectivity index (χ0n) is 12.2. The van der Waals surface area contributed by atoms with Crippen molar-refractivity contribution >= 4 is 10.0 Å². The maximum atomic E-state index is 12.5. The van der Waals surface area contributed by atoms with E-state index in [1.54, 1.807) is 6.07 Å². The van der Waals surface area contributed by atoms with Crippen molar-refractivity contribution in [2.24, 2.45) is 11.8 Å². The lowest BCUT2D eigenvalue weighted by Gasteiger charge is -2.22. The Bertz CT molecular complexity index is 734. The van der Waals surface area contributed by atoms with E-state index < -0.39 is 10.0 Å². The second-order valence-corrected chi connectivity index (χ2v) is 8.00. The number of benzene rings is 1. The third-order valence-corrected chi connectivity index (χ3v) is 6.40. The van der Waals surface area contributed by atoms with Crippen LogP contribution in [0.15, 0.2) is 52.2 Å². The summed E-state index contributed by atoms with van der Waals surface area (Å²) in [6.07, 6.45) is 5.48. The molecular weight excluding hydrogens is 298 g/mol. The van der Waals surface area contributed by atoms with E-state index in [-0.39, 0.29) is 11.1 Å². The van der Waals surface area contributed by atoms with Crippen LogP contribution in [0, 0.1) is 11.8 Å². The molecule has 1 N–H and O–H groups in total. The molecule has 0 amide bonds. The summed E-state index contributed by atoms with van der Waals surface area (Å²) in [5.41, 5.74) is 2.74. The Kier molecular flexibility index (Phi) is 3.35. The molecule has 0 spiro atoms. The van der Waals surface area contributed by atoms with Crippen LogP contribution in [0.5, 0.6) is 0 Å². The average molecular weight is 317 g/mol. The lowest BCUT2D eigenvalue weighted by Crippen LogP contribution is -2.41. The van der Waals surface area contributed by atoms with Gasteiger partial charge in [0.05, 0.1) is 6.26 Å². The molecular formula is C17H19NO3S. The predicted octanol–water partition coefficient (Wildman–Crippen LogP) is 2.75. The summed E-state index contributed by atoms with van der Waals surface area (Å²) in [7, 11) is -3.56. The summed E-state index contributed by atoms with van der Waals surface area (Å²) in [6, 6.07) is 11.6. The van der Waals surface area contributed by atoms with E-state index in [4.69, 9.17) is 4.42 Å². The van der Waals surface area contributed by atoms with Gasteiger partial charge in [-0.3, -0.25) is 0 Å². The van der Waals surface area contributed by atoms with Gasteiger partial charge in [-0.25, -0.2) is 13.1 Å². The van der Waals surface area contributed by atoms with E-state index in [0.29, 0.717) is 11.8 Å². The minimum atomic E-state index is -3.56. The van der Waals surface area contributed by atoms with Crippen LogP contribution in [0.25, 0.3) is 0 Å². The molecule has 2 bridgehead atoms. The van der Waals surface area contributed by atoms with Gasteiger partial charge in [-0.15, -0.1) is 0 Å². The standard InChI is InChI=1S/C17H19NO3S/c19-22(20,16-6-3-9-21-16)18-17-14-7-8-15(17)11-13-5-2-1-4-12(13)10-14/h1-6,9,14-15,17-18H,7-8,10-11H2. The minimum absolute atomic E-state index is 0.00231. The topological polar surface area (TPSA) is 59.3 Å². The summed E-state index contributed by atoms with van der Waals surface area (Å²) in [6.45, 7) is 0. The smallest absolute Gasteiger partial charge is 0.274 e. The Morgan fingerprint density at radius 3 is 2.14 bits per heavy atom. The molecule has 2 aromatic rings. The van der Waals surface area contributed by atoms with Crippen LogP contribution in [-0.2, 0) is 22.9 Å². The van der Waals surface area contributed by atoms with E-state index in [1.165, 1.54) is 23.5 Å². The summed E-state index contributed by atoms with van der Waals surface area (Å²) in [4.78, 5) is 0. The Labute approximate surface area is 130 Å². The first-order valence-corrected chi connectivity index (χ1v) is 9.24. The molecule has 2 unspecified atom stereocenters. The van der Waals surface area contributed by atoms with Gasteiger partial charge in [0.25, 0.3) is 10.0 Å². The highest BCUT2D eigenvalue weighted by Gasteiger charge is 2.41. The maximum Gasteiger partial charge on any atom is 0.274 e. The molecule has 2 aliphatic carbocycles. The fourth-order valence-corrected chi connectivity index (χ4v) is 5.30. The number of sulfonamides is 1. The van der Waals surface area contributed by atoms with Crippen LogP contribution in [-0.4, -0.2) is 14.5 Å². The number of rotatable bonds is 3. The van der Waals surface area contributed by atoms with Crippen molar-refractivity contribution in [3.8, 4) is 0 Å². The Morgan fingerprint density at radius 2 is 1.59 bits per heavy atom. The van der Waals surface area contributed by atoms with Gasteiger partial charge in [-0.05, 0) is 60.8 Å². The maximum absolute atomic E-state index is 12.5. The lowest BCUT2D eigenvalue weighted by molar-refractivity contribution is 0.377. The van der Waals surface area contributed by atoms with Crippen LogP contribution in [0.2, 0.25) is 0 Å². The first-order chi connectivity index (χ1) is 10.6. The first-order valence-electron chi connectivity index (χ1n) is 7.76. The molecule has 4 nitrogen and oxygen atoms in total. The third-order valence-electron chi connectivity index (χ3n) is 5.06. The predicted molar refractivity (Wildman–Crippen MR) is 82.9 cm³/mol. The quantitative estimate of drug-likeness (QED) is 0.947. The molecule has 5 heteroatoms. The number of furan rings is 1. The molecule has 4 rings (SSSR count). The van der Waals surface area contributed by atoms with Gasteiger partial charge in [0, 0.05) is 6.04 Å². The van der Waals surface area contributed by atoms with Crippen LogP contribution in [0.4, 0.5) is 0 Å². The van der Waals surface area contributed by atoms with Gasteiger partial charge in [0.2, 0.25) is 5.09 Å². The second-order valence-electron chi connectivity index (χ2n) is 6.35. The van der Waals surface area contributed by atoms with Crippen LogP contribution < -0.4 is 4.72 Å². The van der Waals surface area contributed by atoms with Crippen molar-refractivity contribution in [1.29, 1.82) is 0 Å². The minimum Gasteiger partial charge on any atom is -0.452 e. The second kappa shape index (κ2) is 5.25. The Hall–Kier alpha value is -1.59. The highest BCUT2D eigenvalue weighted by atomic mass is 32.2. The van der Waals surface area contributed by atoms with Gasteiger partial charge in [0.1, 0.15) is 0 Å². The van der Waals surface area contributed by atoms with Crippen LogP contribution in [0.1, 0.15) is 24.0 Å². The van der Waals surface area contributed by atoms with Crippen LogP contribution >= 0.6 is 0 Å². The number of fused-ring (bicyclic) bond motifs is 3. The number of nitrogens with one attached hydrogen (secondary N) is 1. The zero-order chi connectivity index (χ0) is 15.2. The SMILES string of the molecule is O=S(=O)(NC1C2CCC1Cc1ccccc1C2)c1ccco1. The van der Waals surface area contributed by atoms with E-state index in [2.05, 4.69) is 29.0 Å². The normalized spacial score (nSPS) is 27.4. The van der Waals surface area contributed by atoms with Gasteiger partial charge < -0.3 is 4.42 Å². The highest BCUT2D eigenvalue weighted by molar-refractivity contribution is 7.89. The molecule has 2 atom stereocenters. The van der Waals surface area contributed by atoms with Crippen molar-refractivity contribution in [2.75, 3.05) is 0 Å². The molecule has 1 heterocycles. The highest BCUT2D eigenvalue weighted by Crippen LogP contribution is 2.40. The van der Waals surface area contributed by atoms with Crippen LogP contribution in [0.3, 0.4) is 0 Å². The summed E-state index contributed by atoms with van der Waals surface area (Å²) in [5, 5.41) is 0.00802. The molecule has 22 heavy (non-hydrogen) atoms. The zero-order valence-corrected chi connectivity index (χ0v) is 13.1. The Balaban J connectivity index is 1.62. The molecule has 1 saturated carbocycles. The number of hydrogen-bond acceptors (Lipinski definition) is 3. The number of hydrogen-bond donors (Lipinski definition) is 1. The van der Waals surface area contributed by atoms with Gasteiger partial charge >= 0.3 is 0 Å². The molecule has 0 aliphatic heterocycles. The summed E-state index contributed by atoms with van der Waals surface area (Å²) in [5.74, 6) is 0.747. The van der Waals surface area contributed by atoms with Crippen molar-refractivity contribution in [1.82, 2.24) is 4.72 Å². The monoisotopic (exact) mass is 317 g/mol. The van der Waals surface area contributed by atoms with E-state index in [1.807, 2.05) is 0 Å². The van der Waals surface area contributed by atoms with Crippen molar-refractivity contribution in [2.45, 2.75) is 36.8 Å². The molecule has 2 aliphatic rings. The Morgan fingerprint density at radius 1 is 0.955 bits per heavy atom. The lowest BCUT2D eigenvalue weighted by atomic mass is 9.94. The third kappa shape index (κ3) is 2.38. The molecule has 116 valence electrons. The van der Waals surface area contributed by atoms with Gasteiger partial charge in [-0.2, -0.15) is 0 Å². The summed E-state index contributed by atoms with van der Waals surface area (Å²) >= 11 is 0. The fraction of sp³-hybridized carbons (Fsp3) is 0.412. The first kappa shape index (κ1) is 14.0. The van der Waals surface area contributed by atoms with Gasteiger partial charge in [-0.1, -0.05) is 24.3 Å². The van der Waals surface area contributed by atoms with Gasteiger partial charge in [0.15, 0.2) is 0 Å². The molecule has 1 aromatic heterocycles. The van der Waals surface area contributed by atoms with Crippen molar-refractivity contribution in [3.05, 3.63) is 53.8 Å². The van der Waals surface area contributed by atoms with E-state index in [0.717, 1.165) is 25.7 Å². The van der Waals surface area contributed by atoms with E-state index >= 15 is 0 Å². The molecule has 1 fully saturated rings. The largest absolute Gasteiger partial charge is 0.452 e. The fourth-order valence-electron chi connectivity index (χ4n) is 4.00. The summed E-state index contributed by atoms with van der Waals surface area (Å²) < 4.78 is 32.9. The average Bonchev–Trinajstić information content (AvgIpc) is 3.09. The van der Waals surface area contributed by atoms with Crippen molar-refractivity contribution < 1.29 is 12.8 Å². The van der Waals surface area contributed by atoms with E-state index in [9.17, 15) is 8.42 Å². The molecule has 0 saturated heterocycles.